The highest BCUT2D eigenvalue weighted by atomic mass is 16.5. The first-order valence-corrected chi connectivity index (χ1v) is 7.28. The molecule has 0 amide bonds. The minimum Gasteiger partial charge on any atom is -0.491 e. The van der Waals surface area contributed by atoms with E-state index < -0.39 is 6.10 Å². The summed E-state index contributed by atoms with van der Waals surface area (Å²) >= 11 is 0. The highest BCUT2D eigenvalue weighted by Gasteiger charge is 2.07. The van der Waals surface area contributed by atoms with Crippen molar-refractivity contribution in [3.05, 3.63) is 65.7 Å². The number of rotatable bonds is 7. The maximum absolute atomic E-state index is 10.0. The molecule has 0 saturated heterocycles. The van der Waals surface area contributed by atoms with Crippen LogP contribution in [0, 0.1) is 0 Å². The van der Waals surface area contributed by atoms with Crippen LogP contribution in [0.25, 0.3) is 0 Å². The summed E-state index contributed by atoms with van der Waals surface area (Å²) in [5, 5.41) is 19.3. The molecule has 2 atom stereocenters. The van der Waals surface area contributed by atoms with Crippen LogP contribution in [-0.4, -0.2) is 22.9 Å². The van der Waals surface area contributed by atoms with Crippen LogP contribution in [0.15, 0.2) is 54.6 Å². The molecule has 0 spiro atoms. The van der Waals surface area contributed by atoms with Crippen molar-refractivity contribution in [1.29, 1.82) is 0 Å². The van der Waals surface area contributed by atoms with Crippen molar-refractivity contribution >= 4 is 0 Å². The van der Waals surface area contributed by atoms with Crippen LogP contribution in [0.5, 0.6) is 5.75 Å². The van der Waals surface area contributed by atoms with Crippen molar-refractivity contribution in [2.24, 2.45) is 0 Å². The summed E-state index contributed by atoms with van der Waals surface area (Å²) < 4.78 is 5.60. The lowest BCUT2D eigenvalue weighted by Gasteiger charge is -2.13. The third-order valence-corrected chi connectivity index (χ3v) is 3.37. The highest BCUT2D eigenvalue weighted by Crippen LogP contribution is 2.17. The van der Waals surface area contributed by atoms with E-state index in [2.05, 4.69) is 0 Å². The minimum atomic E-state index is -0.624. The summed E-state index contributed by atoms with van der Waals surface area (Å²) in [6, 6.07) is 17.3. The van der Waals surface area contributed by atoms with E-state index in [1.165, 1.54) is 5.56 Å². The van der Waals surface area contributed by atoms with Gasteiger partial charge in [0.25, 0.3) is 0 Å². The molecule has 3 heteroatoms. The summed E-state index contributed by atoms with van der Waals surface area (Å²) in [5.74, 6) is 0.741. The number of hydrogen-bond donors (Lipinski definition) is 2. The lowest BCUT2D eigenvalue weighted by Crippen LogP contribution is -2.09. The molecule has 0 aliphatic carbocycles. The van der Waals surface area contributed by atoms with Gasteiger partial charge in [-0.1, -0.05) is 42.5 Å². The van der Waals surface area contributed by atoms with Gasteiger partial charge >= 0.3 is 0 Å². The largest absolute Gasteiger partial charge is 0.491 e. The van der Waals surface area contributed by atoms with E-state index in [0.29, 0.717) is 0 Å². The van der Waals surface area contributed by atoms with Gasteiger partial charge in [0, 0.05) is 0 Å². The first kappa shape index (κ1) is 15.5. The summed E-state index contributed by atoms with van der Waals surface area (Å²) in [4.78, 5) is 0. The SMILES string of the molecule is CC(O)CCc1ccc(OCC(O)c2ccccc2)cc1. The summed E-state index contributed by atoms with van der Waals surface area (Å²) in [6.07, 6.45) is 0.709. The smallest absolute Gasteiger partial charge is 0.119 e. The monoisotopic (exact) mass is 286 g/mol. The van der Waals surface area contributed by atoms with Gasteiger partial charge in [0.15, 0.2) is 0 Å². The Bertz CT molecular complexity index is 520. The molecule has 0 aliphatic heterocycles. The summed E-state index contributed by atoms with van der Waals surface area (Å²) in [7, 11) is 0. The number of aliphatic hydroxyl groups excluding tert-OH is 2. The van der Waals surface area contributed by atoms with E-state index in [-0.39, 0.29) is 12.7 Å². The van der Waals surface area contributed by atoms with E-state index in [1.807, 2.05) is 54.6 Å². The predicted molar refractivity (Wildman–Crippen MR) is 83.3 cm³/mol. The second-order valence-corrected chi connectivity index (χ2v) is 5.27. The van der Waals surface area contributed by atoms with E-state index >= 15 is 0 Å². The molecule has 0 bridgehead atoms. The second kappa shape index (κ2) is 7.81. The highest BCUT2D eigenvalue weighted by molar-refractivity contribution is 5.27. The fraction of sp³-hybridized carbons (Fsp3) is 0.333. The molecule has 112 valence electrons. The van der Waals surface area contributed by atoms with Crippen LogP contribution in [0.3, 0.4) is 0 Å². The molecule has 2 N–H and O–H groups in total. The Morgan fingerprint density at radius 1 is 0.952 bits per heavy atom. The van der Waals surface area contributed by atoms with Gasteiger partial charge in [-0.25, -0.2) is 0 Å². The number of benzene rings is 2. The Balaban J connectivity index is 1.83. The fourth-order valence-corrected chi connectivity index (χ4v) is 2.07. The molecule has 0 radical (unpaired) electrons. The van der Waals surface area contributed by atoms with Gasteiger partial charge in [-0.2, -0.15) is 0 Å². The van der Waals surface area contributed by atoms with Crippen molar-refractivity contribution in [1.82, 2.24) is 0 Å². The zero-order valence-corrected chi connectivity index (χ0v) is 12.3. The summed E-state index contributed by atoms with van der Waals surface area (Å²) in [6.45, 7) is 2.03. The maximum atomic E-state index is 10.0. The molecule has 2 rings (SSSR count). The third kappa shape index (κ3) is 5.21. The Morgan fingerprint density at radius 2 is 1.62 bits per heavy atom. The zero-order chi connectivity index (χ0) is 15.1. The van der Waals surface area contributed by atoms with Gasteiger partial charge in [0.05, 0.1) is 6.10 Å². The van der Waals surface area contributed by atoms with Gasteiger partial charge in [-0.3, -0.25) is 0 Å². The van der Waals surface area contributed by atoms with E-state index in [0.717, 1.165) is 24.2 Å². The van der Waals surface area contributed by atoms with E-state index in [9.17, 15) is 10.2 Å². The minimum absolute atomic E-state index is 0.233. The number of hydrogen-bond acceptors (Lipinski definition) is 3. The summed E-state index contributed by atoms with van der Waals surface area (Å²) in [5.41, 5.74) is 2.03. The molecule has 3 nitrogen and oxygen atoms in total. The molecule has 0 fully saturated rings. The maximum Gasteiger partial charge on any atom is 0.119 e. The zero-order valence-electron chi connectivity index (χ0n) is 12.3. The van der Waals surface area contributed by atoms with Crippen LogP contribution in [0.2, 0.25) is 0 Å². The number of ether oxygens (including phenoxy) is 1. The molecule has 0 heterocycles. The second-order valence-electron chi connectivity index (χ2n) is 5.27. The molecule has 0 aromatic heterocycles. The topological polar surface area (TPSA) is 49.7 Å². The Hall–Kier alpha value is -1.84. The molecule has 2 aromatic carbocycles. The van der Waals surface area contributed by atoms with E-state index in [4.69, 9.17) is 4.74 Å². The lowest BCUT2D eigenvalue weighted by molar-refractivity contribution is 0.108. The molecule has 0 saturated carbocycles. The molecule has 21 heavy (non-hydrogen) atoms. The fourth-order valence-electron chi connectivity index (χ4n) is 2.07. The van der Waals surface area contributed by atoms with Crippen LogP contribution >= 0.6 is 0 Å². The normalized spacial score (nSPS) is 13.7. The Kier molecular flexibility index (Phi) is 5.78. The van der Waals surface area contributed by atoms with Crippen molar-refractivity contribution in [2.45, 2.75) is 32.0 Å². The standard InChI is InChI=1S/C18H22O3/c1-14(19)7-8-15-9-11-17(12-10-15)21-13-18(20)16-5-3-2-4-6-16/h2-6,9-12,14,18-20H,7-8,13H2,1H3. The van der Waals surface area contributed by atoms with Gasteiger partial charge in [-0.15, -0.1) is 0 Å². The average molecular weight is 286 g/mol. The first-order valence-electron chi connectivity index (χ1n) is 7.28. The van der Waals surface area contributed by atoms with Crippen LogP contribution in [-0.2, 0) is 6.42 Å². The molecule has 2 unspecified atom stereocenters. The predicted octanol–water partition coefficient (Wildman–Crippen LogP) is 3.11. The molecular weight excluding hydrogens is 264 g/mol. The van der Waals surface area contributed by atoms with Crippen molar-refractivity contribution in [3.8, 4) is 5.75 Å². The van der Waals surface area contributed by atoms with Gasteiger partial charge in [0.2, 0.25) is 0 Å². The van der Waals surface area contributed by atoms with Gasteiger partial charge < -0.3 is 14.9 Å². The Morgan fingerprint density at radius 3 is 2.24 bits per heavy atom. The van der Waals surface area contributed by atoms with Crippen molar-refractivity contribution in [2.75, 3.05) is 6.61 Å². The molecular formula is C18H22O3. The van der Waals surface area contributed by atoms with Crippen molar-refractivity contribution < 1.29 is 14.9 Å². The number of aliphatic hydroxyl groups is 2. The van der Waals surface area contributed by atoms with Gasteiger partial charge in [0.1, 0.15) is 18.5 Å². The van der Waals surface area contributed by atoms with Crippen LogP contribution in [0.4, 0.5) is 0 Å². The first-order chi connectivity index (χ1) is 10.1. The van der Waals surface area contributed by atoms with E-state index in [1.54, 1.807) is 6.92 Å². The van der Waals surface area contributed by atoms with Gasteiger partial charge in [-0.05, 0) is 43.0 Å². The molecule has 0 aliphatic rings. The average Bonchev–Trinajstić information content (AvgIpc) is 2.52. The lowest BCUT2D eigenvalue weighted by atomic mass is 10.1. The third-order valence-electron chi connectivity index (χ3n) is 3.37. The molecule has 2 aromatic rings. The van der Waals surface area contributed by atoms with Crippen LogP contribution < -0.4 is 4.74 Å². The quantitative estimate of drug-likeness (QED) is 0.822. The van der Waals surface area contributed by atoms with Crippen LogP contribution in [0.1, 0.15) is 30.6 Å². The number of aryl methyl sites for hydroxylation is 1. The van der Waals surface area contributed by atoms with Crippen molar-refractivity contribution in [3.63, 3.8) is 0 Å². The Labute approximate surface area is 125 Å².